The average Bonchev–Trinajstić information content (AvgIpc) is 3.31. The number of benzene rings is 2. The quantitative estimate of drug-likeness (QED) is 0.381. The van der Waals surface area contributed by atoms with Crippen molar-refractivity contribution in [1.29, 1.82) is 0 Å². The molecule has 0 bridgehead atoms. The van der Waals surface area contributed by atoms with Crippen molar-refractivity contribution in [3.05, 3.63) is 70.7 Å². The highest BCUT2D eigenvalue weighted by atomic mass is 35.5. The zero-order valence-electron chi connectivity index (χ0n) is 13.2. The Morgan fingerprint density at radius 3 is 2.15 bits per heavy atom. The fourth-order valence-corrected chi connectivity index (χ4v) is 3.09. The van der Waals surface area contributed by atoms with Gasteiger partial charge in [-0.2, -0.15) is 0 Å². The van der Waals surface area contributed by atoms with E-state index in [1.165, 1.54) is 11.8 Å². The maximum absolute atomic E-state index is 5.90. The minimum atomic E-state index is 0.443. The first kappa shape index (κ1) is 17.1. The highest BCUT2D eigenvalue weighted by Gasteiger charge is 2.12. The van der Waals surface area contributed by atoms with Crippen molar-refractivity contribution in [3.63, 3.8) is 0 Å². The van der Waals surface area contributed by atoms with E-state index in [9.17, 15) is 0 Å². The van der Waals surface area contributed by atoms with Crippen LogP contribution in [0.15, 0.2) is 68.8 Å². The molecular formula is C18H11Cl2N3O2S. The second-order valence-corrected chi connectivity index (χ2v) is 7.09. The molecule has 0 spiro atoms. The van der Waals surface area contributed by atoms with Gasteiger partial charge in [0.15, 0.2) is 5.76 Å². The number of thioether (sulfide) groups is 1. The number of rotatable bonds is 5. The monoisotopic (exact) mass is 403 g/mol. The first-order valence-electron chi connectivity index (χ1n) is 7.60. The fraction of sp³-hybridized carbons (Fsp3) is 0.0556. The van der Waals surface area contributed by atoms with Gasteiger partial charge in [0.05, 0.1) is 11.9 Å². The third-order valence-corrected chi connectivity index (χ3v) is 4.81. The molecule has 5 nitrogen and oxygen atoms in total. The van der Waals surface area contributed by atoms with E-state index in [1.54, 1.807) is 18.3 Å². The van der Waals surface area contributed by atoms with Gasteiger partial charge in [0.25, 0.3) is 5.22 Å². The summed E-state index contributed by atoms with van der Waals surface area (Å²) in [6, 6.07) is 14.6. The number of halogens is 2. The standard InChI is InChI=1S/C18H11Cl2N3O2S/c19-13-5-1-11(2-6-13)15-9-21-16(24-15)10-26-18-23-22-17(25-18)12-3-7-14(20)8-4-12/h1-9H,10H2. The summed E-state index contributed by atoms with van der Waals surface area (Å²) in [5, 5.41) is 9.86. The molecule has 26 heavy (non-hydrogen) atoms. The van der Waals surface area contributed by atoms with Gasteiger partial charge in [0.1, 0.15) is 0 Å². The number of hydrogen-bond donors (Lipinski definition) is 0. The van der Waals surface area contributed by atoms with Gasteiger partial charge in [-0.05, 0) is 48.5 Å². The van der Waals surface area contributed by atoms with Crippen LogP contribution in [0, 0.1) is 0 Å². The topological polar surface area (TPSA) is 65.0 Å². The van der Waals surface area contributed by atoms with Crippen LogP contribution in [0.4, 0.5) is 0 Å². The smallest absolute Gasteiger partial charge is 0.277 e. The Hall–Kier alpha value is -2.28. The van der Waals surface area contributed by atoms with Gasteiger partial charge in [0.2, 0.25) is 11.8 Å². The molecule has 0 unspecified atom stereocenters. The minimum absolute atomic E-state index is 0.443. The molecule has 0 aliphatic heterocycles. The van der Waals surface area contributed by atoms with Crippen molar-refractivity contribution in [3.8, 4) is 22.8 Å². The van der Waals surface area contributed by atoms with Crippen LogP contribution < -0.4 is 0 Å². The number of aromatic nitrogens is 3. The Bertz CT molecular complexity index is 930. The molecule has 0 saturated heterocycles. The molecule has 0 radical (unpaired) electrons. The molecule has 8 heteroatoms. The van der Waals surface area contributed by atoms with Crippen molar-refractivity contribution in [2.24, 2.45) is 0 Å². The van der Waals surface area contributed by atoms with Gasteiger partial charge in [-0.25, -0.2) is 4.98 Å². The molecule has 0 N–H and O–H groups in total. The molecule has 0 saturated carbocycles. The number of hydrogen-bond acceptors (Lipinski definition) is 6. The van der Waals surface area contributed by atoms with Crippen LogP contribution in [-0.2, 0) is 5.75 Å². The lowest BCUT2D eigenvalue weighted by molar-refractivity contribution is 0.464. The Kier molecular flexibility index (Phi) is 4.97. The first-order valence-corrected chi connectivity index (χ1v) is 9.34. The van der Waals surface area contributed by atoms with E-state index in [4.69, 9.17) is 32.0 Å². The fourth-order valence-electron chi connectivity index (χ4n) is 2.23. The highest BCUT2D eigenvalue weighted by molar-refractivity contribution is 7.98. The normalized spacial score (nSPS) is 11.0. The molecule has 0 fully saturated rings. The van der Waals surface area contributed by atoms with Crippen LogP contribution in [0.25, 0.3) is 22.8 Å². The van der Waals surface area contributed by atoms with E-state index >= 15 is 0 Å². The Balaban J connectivity index is 1.42. The summed E-state index contributed by atoms with van der Waals surface area (Å²) >= 11 is 13.1. The predicted octanol–water partition coefficient (Wildman–Crippen LogP) is 5.99. The van der Waals surface area contributed by atoms with E-state index in [2.05, 4.69) is 15.2 Å². The van der Waals surface area contributed by atoms with Crippen molar-refractivity contribution < 1.29 is 8.83 Å². The zero-order chi connectivity index (χ0) is 17.9. The molecule has 0 aliphatic rings. The number of oxazole rings is 1. The summed E-state index contributed by atoms with van der Waals surface area (Å²) in [6.45, 7) is 0. The van der Waals surface area contributed by atoms with Crippen LogP contribution in [-0.4, -0.2) is 15.2 Å². The third kappa shape index (κ3) is 3.93. The van der Waals surface area contributed by atoms with Gasteiger partial charge in [-0.1, -0.05) is 35.0 Å². The molecule has 0 aliphatic carbocycles. The molecule has 2 heterocycles. The largest absolute Gasteiger partial charge is 0.440 e. The van der Waals surface area contributed by atoms with E-state index < -0.39 is 0 Å². The summed E-state index contributed by atoms with van der Waals surface area (Å²) in [5.41, 5.74) is 1.73. The van der Waals surface area contributed by atoms with Crippen molar-refractivity contribution in [2.75, 3.05) is 0 Å². The van der Waals surface area contributed by atoms with E-state index in [0.717, 1.165) is 11.1 Å². The minimum Gasteiger partial charge on any atom is -0.440 e. The van der Waals surface area contributed by atoms with Crippen LogP contribution in [0.3, 0.4) is 0 Å². The Morgan fingerprint density at radius 2 is 1.46 bits per heavy atom. The van der Waals surface area contributed by atoms with Gasteiger partial charge in [-0.3, -0.25) is 0 Å². The van der Waals surface area contributed by atoms with Crippen LogP contribution >= 0.6 is 35.0 Å². The third-order valence-electron chi connectivity index (χ3n) is 3.50. The Labute approximate surface area is 163 Å². The molecule has 0 atom stereocenters. The van der Waals surface area contributed by atoms with Gasteiger partial charge < -0.3 is 8.83 Å². The lowest BCUT2D eigenvalue weighted by atomic mass is 10.2. The molecule has 2 aromatic heterocycles. The van der Waals surface area contributed by atoms with Crippen molar-refractivity contribution in [2.45, 2.75) is 11.0 Å². The maximum Gasteiger partial charge on any atom is 0.277 e. The molecular weight excluding hydrogens is 393 g/mol. The summed E-state index contributed by atoms with van der Waals surface area (Å²) in [7, 11) is 0. The van der Waals surface area contributed by atoms with E-state index in [1.807, 2.05) is 36.4 Å². The van der Waals surface area contributed by atoms with Gasteiger partial charge in [-0.15, -0.1) is 10.2 Å². The Morgan fingerprint density at radius 1 is 0.808 bits per heavy atom. The van der Waals surface area contributed by atoms with Gasteiger partial charge in [0, 0.05) is 21.2 Å². The van der Waals surface area contributed by atoms with Crippen molar-refractivity contribution in [1.82, 2.24) is 15.2 Å². The lowest BCUT2D eigenvalue weighted by Gasteiger charge is -1.96. The molecule has 130 valence electrons. The van der Waals surface area contributed by atoms with Crippen molar-refractivity contribution >= 4 is 35.0 Å². The summed E-state index contributed by atoms with van der Waals surface area (Å²) < 4.78 is 11.4. The zero-order valence-corrected chi connectivity index (χ0v) is 15.6. The molecule has 2 aromatic carbocycles. The maximum atomic E-state index is 5.90. The molecule has 4 aromatic rings. The van der Waals surface area contributed by atoms with Crippen LogP contribution in [0.5, 0.6) is 0 Å². The number of nitrogens with zero attached hydrogens (tertiary/aromatic N) is 3. The second kappa shape index (κ2) is 7.53. The predicted molar refractivity (Wildman–Crippen MR) is 101 cm³/mol. The SMILES string of the molecule is Clc1ccc(-c2cnc(CSc3nnc(-c4ccc(Cl)cc4)o3)o2)cc1. The average molecular weight is 404 g/mol. The lowest BCUT2D eigenvalue weighted by Crippen LogP contribution is -1.79. The highest BCUT2D eigenvalue weighted by Crippen LogP contribution is 2.28. The first-order chi connectivity index (χ1) is 12.7. The van der Waals surface area contributed by atoms with E-state index in [0.29, 0.717) is 38.6 Å². The van der Waals surface area contributed by atoms with E-state index in [-0.39, 0.29) is 0 Å². The second-order valence-electron chi connectivity index (χ2n) is 5.29. The summed E-state index contributed by atoms with van der Waals surface area (Å²) in [4.78, 5) is 4.28. The summed E-state index contributed by atoms with van der Waals surface area (Å²) in [6.07, 6.45) is 1.69. The molecule has 4 rings (SSSR count). The van der Waals surface area contributed by atoms with Gasteiger partial charge >= 0.3 is 0 Å². The van der Waals surface area contributed by atoms with Crippen LogP contribution in [0.2, 0.25) is 10.0 Å². The summed E-state index contributed by atoms with van der Waals surface area (Å²) in [5.74, 6) is 2.19. The molecule has 0 amide bonds. The van der Waals surface area contributed by atoms with Crippen LogP contribution in [0.1, 0.15) is 5.89 Å².